The van der Waals surface area contributed by atoms with E-state index in [2.05, 4.69) is 25.9 Å². The highest BCUT2D eigenvalue weighted by atomic mass is 19.1. The van der Waals surface area contributed by atoms with E-state index in [4.69, 9.17) is 9.72 Å². The van der Waals surface area contributed by atoms with Crippen LogP contribution in [0.1, 0.15) is 19.4 Å². The second-order valence-corrected chi connectivity index (χ2v) is 8.98. The highest BCUT2D eigenvalue weighted by Crippen LogP contribution is 2.27. The first-order chi connectivity index (χ1) is 17.9. The van der Waals surface area contributed by atoms with Crippen LogP contribution >= 0.6 is 0 Å². The van der Waals surface area contributed by atoms with E-state index in [1.807, 2.05) is 26.1 Å². The first-order valence-corrected chi connectivity index (χ1v) is 12.3. The number of benzene rings is 1. The Bertz CT molecular complexity index is 1280. The third kappa shape index (κ3) is 7.11. The van der Waals surface area contributed by atoms with Crippen LogP contribution in [0.5, 0.6) is 0 Å². The number of fused-ring (bicyclic) bond motifs is 1. The molecule has 0 saturated carbocycles. The first kappa shape index (κ1) is 26.2. The standard InChI is InChI=1S/C26H32FN7O3/c1-18(2)13-23(35)30-16-24(36)29-8-7-28-15-19-14-22-26(33-9-11-37-12-10-33)31-25(32-34(22)17-19)20-5-3-4-6-21(20)27/h3-6,13-14,17,28H,7-12,15-16H2,1-2H3,(H,29,36)(H,30,35). The monoisotopic (exact) mass is 509 g/mol. The maximum Gasteiger partial charge on any atom is 0.244 e. The SMILES string of the molecule is CC(C)=CC(=O)NCC(=O)NCCNCc1cc2c(N3CCOCC3)nc(-c3ccccc3F)nn2c1. The van der Waals surface area contributed by atoms with Gasteiger partial charge in [-0.05, 0) is 37.6 Å². The van der Waals surface area contributed by atoms with Crippen molar-refractivity contribution in [3.8, 4) is 11.4 Å². The molecule has 1 aliphatic rings. The molecule has 1 saturated heterocycles. The van der Waals surface area contributed by atoms with Crippen LogP contribution in [-0.2, 0) is 20.9 Å². The molecule has 37 heavy (non-hydrogen) atoms. The Morgan fingerprint density at radius 2 is 1.92 bits per heavy atom. The fourth-order valence-electron chi connectivity index (χ4n) is 3.96. The van der Waals surface area contributed by atoms with E-state index in [-0.39, 0.29) is 24.2 Å². The molecule has 1 fully saturated rings. The normalized spacial score (nSPS) is 13.4. The summed E-state index contributed by atoms with van der Waals surface area (Å²) in [6.45, 7) is 7.66. The van der Waals surface area contributed by atoms with Gasteiger partial charge in [-0.3, -0.25) is 9.59 Å². The zero-order valence-electron chi connectivity index (χ0n) is 21.1. The van der Waals surface area contributed by atoms with E-state index in [0.29, 0.717) is 57.3 Å². The van der Waals surface area contributed by atoms with E-state index in [0.717, 1.165) is 22.5 Å². The maximum absolute atomic E-state index is 14.5. The van der Waals surface area contributed by atoms with Gasteiger partial charge in [0.2, 0.25) is 11.8 Å². The molecular weight excluding hydrogens is 477 g/mol. The van der Waals surface area contributed by atoms with Crippen LogP contribution < -0.4 is 20.9 Å². The number of nitrogens with one attached hydrogen (secondary N) is 3. The summed E-state index contributed by atoms with van der Waals surface area (Å²) < 4.78 is 21.7. The van der Waals surface area contributed by atoms with Crippen molar-refractivity contribution in [3.63, 3.8) is 0 Å². The van der Waals surface area contributed by atoms with E-state index in [9.17, 15) is 14.0 Å². The van der Waals surface area contributed by atoms with Gasteiger partial charge in [-0.15, -0.1) is 5.10 Å². The average Bonchev–Trinajstić information content (AvgIpc) is 3.30. The molecule has 1 aromatic carbocycles. The lowest BCUT2D eigenvalue weighted by molar-refractivity contribution is -0.123. The first-order valence-electron chi connectivity index (χ1n) is 12.3. The number of morpholine rings is 1. The van der Waals surface area contributed by atoms with Gasteiger partial charge in [0, 0.05) is 45.0 Å². The maximum atomic E-state index is 14.5. The number of rotatable bonds is 10. The number of amides is 2. The highest BCUT2D eigenvalue weighted by molar-refractivity contribution is 5.91. The Hall–Kier alpha value is -3.83. The van der Waals surface area contributed by atoms with Gasteiger partial charge in [0.05, 0.1) is 25.3 Å². The fourth-order valence-corrected chi connectivity index (χ4v) is 3.96. The van der Waals surface area contributed by atoms with Crippen LogP contribution in [0.25, 0.3) is 16.9 Å². The predicted molar refractivity (Wildman–Crippen MR) is 139 cm³/mol. The number of carbonyl (C=O) groups excluding carboxylic acids is 2. The van der Waals surface area contributed by atoms with Crippen molar-refractivity contribution in [2.45, 2.75) is 20.4 Å². The van der Waals surface area contributed by atoms with Crippen LogP contribution in [0, 0.1) is 5.82 Å². The molecule has 3 heterocycles. The lowest BCUT2D eigenvalue weighted by atomic mass is 10.2. The predicted octanol–water partition coefficient (Wildman–Crippen LogP) is 1.66. The van der Waals surface area contributed by atoms with Crippen molar-refractivity contribution >= 4 is 23.1 Å². The number of hydrogen-bond donors (Lipinski definition) is 3. The van der Waals surface area contributed by atoms with E-state index >= 15 is 0 Å². The largest absolute Gasteiger partial charge is 0.378 e. The van der Waals surface area contributed by atoms with E-state index in [1.54, 1.807) is 22.7 Å². The number of hydrogen-bond acceptors (Lipinski definition) is 7. The molecule has 3 N–H and O–H groups in total. The number of halogens is 1. The minimum atomic E-state index is -0.373. The summed E-state index contributed by atoms with van der Waals surface area (Å²) in [7, 11) is 0. The molecule has 2 aromatic heterocycles. The Kier molecular flexibility index (Phi) is 8.81. The molecule has 1 aliphatic heterocycles. The molecule has 0 spiro atoms. The number of aromatic nitrogens is 3. The second kappa shape index (κ2) is 12.4. The van der Waals surface area contributed by atoms with Gasteiger partial charge in [0.1, 0.15) is 11.3 Å². The van der Waals surface area contributed by atoms with Crippen molar-refractivity contribution in [3.05, 3.63) is 59.6 Å². The molecule has 0 bridgehead atoms. The highest BCUT2D eigenvalue weighted by Gasteiger charge is 2.20. The number of carbonyl (C=O) groups is 2. The summed E-state index contributed by atoms with van der Waals surface area (Å²) in [5, 5.41) is 13.2. The molecular formula is C26H32FN7O3. The van der Waals surface area contributed by atoms with Crippen LogP contribution in [0.15, 0.2) is 48.2 Å². The van der Waals surface area contributed by atoms with Crippen LogP contribution in [0.3, 0.4) is 0 Å². The molecule has 3 aromatic rings. The minimum Gasteiger partial charge on any atom is -0.378 e. The molecule has 2 amide bonds. The quantitative estimate of drug-likeness (QED) is 0.281. The van der Waals surface area contributed by atoms with Crippen molar-refractivity contribution in [2.24, 2.45) is 0 Å². The molecule has 10 nitrogen and oxygen atoms in total. The third-order valence-corrected chi connectivity index (χ3v) is 5.72. The smallest absolute Gasteiger partial charge is 0.244 e. The molecule has 11 heteroatoms. The van der Waals surface area contributed by atoms with Gasteiger partial charge in [0.25, 0.3) is 0 Å². The fraction of sp³-hybridized carbons (Fsp3) is 0.385. The van der Waals surface area contributed by atoms with Crippen molar-refractivity contribution in [2.75, 3.05) is 50.8 Å². The summed E-state index contributed by atoms with van der Waals surface area (Å²) in [5.41, 5.74) is 3.03. The van der Waals surface area contributed by atoms with Crippen LogP contribution in [0.4, 0.5) is 10.2 Å². The van der Waals surface area contributed by atoms with E-state index < -0.39 is 0 Å². The van der Waals surface area contributed by atoms with Crippen LogP contribution in [0.2, 0.25) is 0 Å². The molecule has 0 unspecified atom stereocenters. The van der Waals surface area contributed by atoms with Gasteiger partial charge in [-0.1, -0.05) is 17.7 Å². The average molecular weight is 510 g/mol. The molecule has 4 rings (SSSR count). The van der Waals surface area contributed by atoms with Gasteiger partial charge in [0.15, 0.2) is 11.6 Å². The number of allylic oxidation sites excluding steroid dienone is 1. The third-order valence-electron chi connectivity index (χ3n) is 5.72. The van der Waals surface area contributed by atoms with Crippen molar-refractivity contribution in [1.82, 2.24) is 30.5 Å². The molecule has 0 radical (unpaired) electrons. The van der Waals surface area contributed by atoms with Gasteiger partial charge >= 0.3 is 0 Å². The van der Waals surface area contributed by atoms with Crippen molar-refractivity contribution in [1.29, 1.82) is 0 Å². The Morgan fingerprint density at radius 1 is 1.14 bits per heavy atom. The Balaban J connectivity index is 1.39. The number of nitrogens with zero attached hydrogens (tertiary/aromatic N) is 4. The Labute approximate surface area is 214 Å². The Morgan fingerprint density at radius 3 is 2.68 bits per heavy atom. The second-order valence-electron chi connectivity index (χ2n) is 8.98. The topological polar surface area (TPSA) is 113 Å². The molecule has 0 aliphatic carbocycles. The van der Waals surface area contributed by atoms with Gasteiger partial charge in [-0.2, -0.15) is 0 Å². The summed E-state index contributed by atoms with van der Waals surface area (Å²) in [6, 6.07) is 8.50. The molecule has 0 atom stereocenters. The molecule has 196 valence electrons. The van der Waals surface area contributed by atoms with E-state index in [1.165, 1.54) is 12.1 Å². The van der Waals surface area contributed by atoms with Crippen LogP contribution in [-0.4, -0.2) is 72.3 Å². The summed E-state index contributed by atoms with van der Waals surface area (Å²) in [5.74, 6) is 0.152. The minimum absolute atomic E-state index is 0.0686. The van der Waals surface area contributed by atoms with Crippen molar-refractivity contribution < 1.29 is 18.7 Å². The number of anilines is 1. The summed E-state index contributed by atoms with van der Waals surface area (Å²) >= 11 is 0. The summed E-state index contributed by atoms with van der Waals surface area (Å²) in [4.78, 5) is 30.4. The van der Waals surface area contributed by atoms with Gasteiger partial charge < -0.3 is 25.6 Å². The summed E-state index contributed by atoms with van der Waals surface area (Å²) in [6.07, 6.45) is 3.35. The number of ether oxygens (including phenoxy) is 1. The lowest BCUT2D eigenvalue weighted by Crippen LogP contribution is -2.39. The zero-order chi connectivity index (χ0) is 26.2. The van der Waals surface area contributed by atoms with Gasteiger partial charge in [-0.25, -0.2) is 13.9 Å². The lowest BCUT2D eigenvalue weighted by Gasteiger charge is -2.28. The zero-order valence-corrected chi connectivity index (χ0v) is 21.1.